The van der Waals surface area contributed by atoms with Crippen molar-refractivity contribution < 1.29 is 9.59 Å². The van der Waals surface area contributed by atoms with Crippen LogP contribution in [-0.2, 0) is 9.59 Å². The van der Waals surface area contributed by atoms with Crippen LogP contribution in [0.15, 0.2) is 36.4 Å². The molecule has 0 aliphatic heterocycles. The van der Waals surface area contributed by atoms with Crippen LogP contribution in [0.25, 0.3) is 0 Å². The minimum atomic E-state index is -0.307. The summed E-state index contributed by atoms with van der Waals surface area (Å²) in [6.07, 6.45) is 0. The van der Waals surface area contributed by atoms with E-state index >= 15 is 0 Å². The van der Waals surface area contributed by atoms with Gasteiger partial charge in [-0.1, -0.05) is 29.8 Å². The molecule has 25 heavy (non-hydrogen) atoms. The van der Waals surface area contributed by atoms with E-state index < -0.39 is 0 Å². The first kappa shape index (κ1) is 18.2. The molecule has 5 heteroatoms. The molecular weight excluding hydrogens is 314 g/mol. The number of carbonyl (C=O) groups excluding carboxylic acids is 2. The van der Waals surface area contributed by atoms with Crippen molar-refractivity contribution in [3.05, 3.63) is 58.7 Å². The predicted molar refractivity (Wildman–Crippen MR) is 98.5 cm³/mol. The maximum atomic E-state index is 12.5. The Balaban J connectivity index is 2.25. The van der Waals surface area contributed by atoms with Gasteiger partial charge in [0.25, 0.3) is 0 Å². The van der Waals surface area contributed by atoms with Crippen molar-refractivity contribution in [3.63, 3.8) is 0 Å². The topological polar surface area (TPSA) is 73.2 Å². The third-order valence-electron chi connectivity index (χ3n) is 3.94. The minimum absolute atomic E-state index is 0.152. The standard InChI is InChI=1S/C20H21N3O2/c1-13-9-14(2)20(15(3)10-13)22-19(25)12-23(16(4)24)18-8-6-5-7-17(18)11-21/h5-10H,12H2,1-4H3,(H,22,25). The van der Waals surface area contributed by atoms with Crippen LogP contribution in [0.5, 0.6) is 0 Å². The summed E-state index contributed by atoms with van der Waals surface area (Å²) in [6, 6.07) is 12.8. The van der Waals surface area contributed by atoms with Crippen molar-refractivity contribution in [2.24, 2.45) is 0 Å². The molecule has 0 fully saturated rings. The lowest BCUT2D eigenvalue weighted by atomic mass is 10.1. The summed E-state index contributed by atoms with van der Waals surface area (Å²) in [7, 11) is 0. The number of aryl methyl sites for hydroxylation is 3. The Hall–Kier alpha value is -3.13. The van der Waals surface area contributed by atoms with Crippen LogP contribution in [0, 0.1) is 32.1 Å². The van der Waals surface area contributed by atoms with Crippen molar-refractivity contribution in [1.82, 2.24) is 0 Å². The van der Waals surface area contributed by atoms with Crippen molar-refractivity contribution in [1.29, 1.82) is 5.26 Å². The van der Waals surface area contributed by atoms with E-state index in [1.165, 1.54) is 11.8 Å². The van der Waals surface area contributed by atoms with E-state index in [4.69, 9.17) is 0 Å². The molecule has 0 unspecified atom stereocenters. The van der Waals surface area contributed by atoms with Crippen LogP contribution in [0.3, 0.4) is 0 Å². The first-order valence-corrected chi connectivity index (χ1v) is 7.98. The van der Waals surface area contributed by atoms with Gasteiger partial charge in [-0.15, -0.1) is 0 Å². The van der Waals surface area contributed by atoms with E-state index in [1.807, 2.05) is 32.9 Å². The first-order chi connectivity index (χ1) is 11.8. The second-order valence-electron chi connectivity index (χ2n) is 6.06. The predicted octanol–water partition coefficient (Wildman–Crippen LogP) is 3.48. The molecule has 0 heterocycles. The van der Waals surface area contributed by atoms with Crippen molar-refractivity contribution in [2.75, 3.05) is 16.8 Å². The molecule has 1 N–H and O–H groups in total. The van der Waals surface area contributed by atoms with Gasteiger partial charge in [0.05, 0.1) is 11.3 Å². The number of rotatable bonds is 4. The highest BCUT2D eigenvalue weighted by atomic mass is 16.2. The average Bonchev–Trinajstić information content (AvgIpc) is 2.55. The molecule has 2 rings (SSSR count). The smallest absolute Gasteiger partial charge is 0.244 e. The highest BCUT2D eigenvalue weighted by Gasteiger charge is 2.19. The van der Waals surface area contributed by atoms with E-state index in [9.17, 15) is 14.9 Å². The number of nitriles is 1. The van der Waals surface area contributed by atoms with Crippen LogP contribution in [0.4, 0.5) is 11.4 Å². The Morgan fingerprint density at radius 3 is 2.28 bits per heavy atom. The number of carbonyl (C=O) groups is 2. The molecule has 2 aromatic rings. The number of hydrogen-bond donors (Lipinski definition) is 1. The number of benzene rings is 2. The highest BCUT2D eigenvalue weighted by molar-refractivity contribution is 6.03. The van der Waals surface area contributed by atoms with Gasteiger partial charge in [-0.25, -0.2) is 0 Å². The second kappa shape index (κ2) is 7.63. The number of anilines is 2. The largest absolute Gasteiger partial charge is 0.324 e. The Bertz CT molecular complexity index is 842. The van der Waals surface area contributed by atoms with Gasteiger partial charge in [-0.3, -0.25) is 9.59 Å². The molecule has 0 aromatic heterocycles. The fourth-order valence-electron chi connectivity index (χ4n) is 2.87. The number of amides is 2. The van der Waals surface area contributed by atoms with E-state index in [0.29, 0.717) is 11.3 Å². The van der Waals surface area contributed by atoms with Crippen LogP contribution < -0.4 is 10.2 Å². The Morgan fingerprint density at radius 2 is 1.72 bits per heavy atom. The lowest BCUT2D eigenvalue weighted by Crippen LogP contribution is -2.37. The molecule has 2 aromatic carbocycles. The fourth-order valence-corrected chi connectivity index (χ4v) is 2.87. The van der Waals surface area contributed by atoms with Crippen molar-refractivity contribution >= 4 is 23.2 Å². The van der Waals surface area contributed by atoms with Gasteiger partial charge < -0.3 is 10.2 Å². The molecule has 0 aliphatic rings. The number of para-hydroxylation sites is 1. The summed E-state index contributed by atoms with van der Waals surface area (Å²) >= 11 is 0. The van der Waals surface area contributed by atoms with Crippen molar-refractivity contribution in [3.8, 4) is 6.07 Å². The Morgan fingerprint density at radius 1 is 1.12 bits per heavy atom. The van der Waals surface area contributed by atoms with E-state index in [0.717, 1.165) is 22.4 Å². The Kier molecular flexibility index (Phi) is 5.56. The molecule has 0 aliphatic carbocycles. The zero-order valence-electron chi connectivity index (χ0n) is 14.9. The molecular formula is C20H21N3O2. The summed E-state index contributed by atoms with van der Waals surface area (Å²) in [5, 5.41) is 12.1. The lowest BCUT2D eigenvalue weighted by Gasteiger charge is -2.22. The first-order valence-electron chi connectivity index (χ1n) is 7.98. The molecule has 0 saturated carbocycles. The van der Waals surface area contributed by atoms with Crippen LogP contribution in [0.2, 0.25) is 0 Å². The highest BCUT2D eigenvalue weighted by Crippen LogP contribution is 2.23. The maximum Gasteiger partial charge on any atom is 0.244 e. The molecule has 0 spiro atoms. The van der Waals surface area contributed by atoms with Gasteiger partial charge in [-0.05, 0) is 44.0 Å². The van der Waals surface area contributed by atoms with Gasteiger partial charge in [-0.2, -0.15) is 5.26 Å². The van der Waals surface area contributed by atoms with Gasteiger partial charge in [0.15, 0.2) is 0 Å². The van der Waals surface area contributed by atoms with E-state index in [1.54, 1.807) is 24.3 Å². The minimum Gasteiger partial charge on any atom is -0.324 e. The summed E-state index contributed by atoms with van der Waals surface area (Å²) in [4.78, 5) is 25.8. The van der Waals surface area contributed by atoms with Gasteiger partial charge >= 0.3 is 0 Å². The van der Waals surface area contributed by atoms with Gasteiger partial charge in [0.2, 0.25) is 11.8 Å². The monoisotopic (exact) mass is 335 g/mol. The Labute approximate surface area is 147 Å². The molecule has 2 amide bonds. The van der Waals surface area contributed by atoms with E-state index in [2.05, 4.69) is 11.4 Å². The number of nitrogens with one attached hydrogen (secondary N) is 1. The number of hydrogen-bond acceptors (Lipinski definition) is 3. The summed E-state index contributed by atoms with van der Waals surface area (Å²) < 4.78 is 0. The third kappa shape index (κ3) is 4.24. The SMILES string of the molecule is CC(=O)N(CC(=O)Nc1c(C)cc(C)cc1C)c1ccccc1C#N. The third-order valence-corrected chi connectivity index (χ3v) is 3.94. The molecule has 0 radical (unpaired) electrons. The van der Waals surface area contributed by atoms with Crippen LogP contribution in [-0.4, -0.2) is 18.4 Å². The normalized spacial score (nSPS) is 10.0. The molecule has 0 atom stereocenters. The summed E-state index contributed by atoms with van der Waals surface area (Å²) in [5.74, 6) is -0.604. The van der Waals surface area contributed by atoms with Crippen molar-refractivity contribution in [2.45, 2.75) is 27.7 Å². The van der Waals surface area contributed by atoms with Crippen LogP contribution in [0.1, 0.15) is 29.2 Å². The summed E-state index contributed by atoms with van der Waals surface area (Å²) in [5.41, 5.74) is 4.61. The molecule has 0 saturated heterocycles. The number of nitrogens with zero attached hydrogens (tertiary/aromatic N) is 2. The zero-order chi connectivity index (χ0) is 18.6. The zero-order valence-corrected chi connectivity index (χ0v) is 14.9. The van der Waals surface area contributed by atoms with Gasteiger partial charge in [0, 0.05) is 12.6 Å². The van der Waals surface area contributed by atoms with Gasteiger partial charge in [0.1, 0.15) is 12.6 Å². The van der Waals surface area contributed by atoms with Crippen LogP contribution >= 0.6 is 0 Å². The fraction of sp³-hybridized carbons (Fsp3) is 0.250. The summed E-state index contributed by atoms with van der Waals surface area (Å²) in [6.45, 7) is 7.10. The maximum absolute atomic E-state index is 12.5. The molecule has 5 nitrogen and oxygen atoms in total. The lowest BCUT2D eigenvalue weighted by molar-refractivity contribution is -0.120. The molecule has 0 bridgehead atoms. The molecule has 128 valence electrons. The quantitative estimate of drug-likeness (QED) is 0.929. The average molecular weight is 335 g/mol. The second-order valence-corrected chi connectivity index (χ2v) is 6.06. The van der Waals surface area contributed by atoms with E-state index in [-0.39, 0.29) is 18.4 Å².